The van der Waals surface area contributed by atoms with Crippen LogP contribution in [0.3, 0.4) is 0 Å². The average molecular weight is 445 g/mol. The standard InChI is InChI=1S/C22H18Cl2N2O2S/c1-14-8-10-15(11-9-14)22(28)25-16-4-2-5-17(12-16)29-13-20(27)26-19-7-3-6-18(23)21(19)24/h2-12H,13H2,1H3,(H,25,28)(H,26,27). The van der Waals surface area contributed by atoms with Crippen LogP contribution in [0.25, 0.3) is 0 Å². The number of rotatable bonds is 6. The highest BCUT2D eigenvalue weighted by Gasteiger charge is 2.10. The van der Waals surface area contributed by atoms with Crippen LogP contribution in [0.4, 0.5) is 11.4 Å². The molecule has 0 radical (unpaired) electrons. The number of aryl methyl sites for hydroxylation is 1. The first kappa shape index (κ1) is 21.2. The first-order valence-electron chi connectivity index (χ1n) is 8.77. The lowest BCUT2D eigenvalue weighted by atomic mass is 10.1. The van der Waals surface area contributed by atoms with E-state index in [0.717, 1.165) is 10.5 Å². The summed E-state index contributed by atoms with van der Waals surface area (Å²) in [6, 6.07) is 19.8. The third-order valence-corrected chi connectivity index (χ3v) is 5.81. The zero-order chi connectivity index (χ0) is 20.8. The topological polar surface area (TPSA) is 58.2 Å². The lowest BCUT2D eigenvalue weighted by Gasteiger charge is -2.09. The minimum absolute atomic E-state index is 0.180. The Morgan fingerprint density at radius 1 is 0.931 bits per heavy atom. The third-order valence-electron chi connectivity index (χ3n) is 4.00. The van der Waals surface area contributed by atoms with Gasteiger partial charge in [0.25, 0.3) is 5.91 Å². The van der Waals surface area contributed by atoms with Gasteiger partial charge in [0.05, 0.1) is 21.5 Å². The van der Waals surface area contributed by atoms with Crippen molar-refractivity contribution in [3.05, 3.63) is 87.9 Å². The molecule has 0 heterocycles. The second kappa shape index (κ2) is 9.83. The van der Waals surface area contributed by atoms with Crippen molar-refractivity contribution in [2.24, 2.45) is 0 Å². The molecule has 0 aliphatic rings. The van der Waals surface area contributed by atoms with E-state index in [1.807, 2.05) is 43.3 Å². The van der Waals surface area contributed by atoms with Gasteiger partial charge in [-0.2, -0.15) is 0 Å². The fourth-order valence-corrected chi connectivity index (χ4v) is 3.61. The number of nitrogens with one attached hydrogen (secondary N) is 2. The third kappa shape index (κ3) is 6.00. The average Bonchev–Trinajstić information content (AvgIpc) is 2.71. The van der Waals surface area contributed by atoms with Gasteiger partial charge in [0, 0.05) is 16.1 Å². The fourth-order valence-electron chi connectivity index (χ4n) is 2.51. The van der Waals surface area contributed by atoms with Crippen LogP contribution in [0.15, 0.2) is 71.6 Å². The maximum absolute atomic E-state index is 12.4. The van der Waals surface area contributed by atoms with Gasteiger partial charge in [0.1, 0.15) is 0 Å². The van der Waals surface area contributed by atoms with Crippen LogP contribution in [0.5, 0.6) is 0 Å². The number of hydrogen-bond donors (Lipinski definition) is 2. The molecule has 0 spiro atoms. The molecule has 4 nitrogen and oxygen atoms in total. The highest BCUT2D eigenvalue weighted by atomic mass is 35.5. The Morgan fingerprint density at radius 3 is 2.41 bits per heavy atom. The Morgan fingerprint density at radius 2 is 1.66 bits per heavy atom. The second-order valence-electron chi connectivity index (χ2n) is 6.29. The molecule has 0 atom stereocenters. The van der Waals surface area contributed by atoms with Crippen molar-refractivity contribution in [1.29, 1.82) is 0 Å². The largest absolute Gasteiger partial charge is 0.324 e. The normalized spacial score (nSPS) is 10.4. The molecule has 2 amide bonds. The molecule has 3 aromatic carbocycles. The van der Waals surface area contributed by atoms with Gasteiger partial charge in [-0.1, -0.05) is 53.0 Å². The summed E-state index contributed by atoms with van der Waals surface area (Å²) in [7, 11) is 0. The Kier molecular flexibility index (Phi) is 7.20. The van der Waals surface area contributed by atoms with E-state index in [-0.39, 0.29) is 17.6 Å². The zero-order valence-electron chi connectivity index (χ0n) is 15.5. The van der Waals surface area contributed by atoms with Crippen LogP contribution in [-0.2, 0) is 4.79 Å². The quantitative estimate of drug-likeness (QED) is 0.439. The zero-order valence-corrected chi connectivity index (χ0v) is 17.9. The molecule has 0 saturated carbocycles. The number of carbonyl (C=O) groups is 2. The summed E-state index contributed by atoms with van der Waals surface area (Å²) in [6.07, 6.45) is 0. The fraction of sp³-hybridized carbons (Fsp3) is 0.0909. The van der Waals surface area contributed by atoms with E-state index in [1.54, 1.807) is 30.3 Å². The summed E-state index contributed by atoms with van der Waals surface area (Å²) in [4.78, 5) is 25.4. The molecule has 0 bridgehead atoms. The minimum Gasteiger partial charge on any atom is -0.324 e. The number of halogens is 2. The Balaban J connectivity index is 1.58. The minimum atomic E-state index is -0.201. The summed E-state index contributed by atoms with van der Waals surface area (Å²) in [5, 5.41) is 6.32. The number of carbonyl (C=O) groups excluding carboxylic acids is 2. The van der Waals surface area contributed by atoms with Gasteiger partial charge in [-0.25, -0.2) is 0 Å². The molecule has 0 unspecified atom stereocenters. The van der Waals surface area contributed by atoms with E-state index < -0.39 is 0 Å². The van der Waals surface area contributed by atoms with Gasteiger partial charge in [-0.05, 0) is 49.4 Å². The van der Waals surface area contributed by atoms with Crippen LogP contribution in [-0.4, -0.2) is 17.6 Å². The van der Waals surface area contributed by atoms with E-state index in [2.05, 4.69) is 10.6 Å². The van der Waals surface area contributed by atoms with E-state index in [1.165, 1.54) is 11.8 Å². The molecule has 148 valence electrons. The van der Waals surface area contributed by atoms with Crippen molar-refractivity contribution in [1.82, 2.24) is 0 Å². The molecular weight excluding hydrogens is 427 g/mol. The van der Waals surface area contributed by atoms with Crippen LogP contribution in [0, 0.1) is 6.92 Å². The van der Waals surface area contributed by atoms with E-state index >= 15 is 0 Å². The molecule has 0 aliphatic carbocycles. The van der Waals surface area contributed by atoms with Gasteiger partial charge in [-0.3, -0.25) is 9.59 Å². The van der Waals surface area contributed by atoms with Gasteiger partial charge in [0.15, 0.2) is 0 Å². The lowest BCUT2D eigenvalue weighted by Crippen LogP contribution is -2.14. The van der Waals surface area contributed by atoms with Crippen LogP contribution >= 0.6 is 35.0 Å². The molecule has 0 fully saturated rings. The summed E-state index contributed by atoms with van der Waals surface area (Å²) in [5.41, 5.74) is 2.83. The van der Waals surface area contributed by atoms with E-state index in [4.69, 9.17) is 23.2 Å². The maximum atomic E-state index is 12.4. The Bertz CT molecular complexity index is 1040. The van der Waals surface area contributed by atoms with Crippen molar-refractivity contribution in [2.75, 3.05) is 16.4 Å². The van der Waals surface area contributed by atoms with E-state index in [0.29, 0.717) is 27.0 Å². The molecule has 2 N–H and O–H groups in total. The van der Waals surface area contributed by atoms with Gasteiger partial charge in [0.2, 0.25) is 5.91 Å². The van der Waals surface area contributed by atoms with Crippen molar-refractivity contribution in [2.45, 2.75) is 11.8 Å². The highest BCUT2D eigenvalue weighted by molar-refractivity contribution is 8.00. The van der Waals surface area contributed by atoms with Crippen molar-refractivity contribution >= 4 is 58.2 Å². The number of thioether (sulfide) groups is 1. The lowest BCUT2D eigenvalue weighted by molar-refractivity contribution is -0.113. The molecule has 0 aromatic heterocycles. The first-order chi connectivity index (χ1) is 13.9. The van der Waals surface area contributed by atoms with Gasteiger partial charge >= 0.3 is 0 Å². The predicted molar refractivity (Wildman–Crippen MR) is 121 cm³/mol. The number of benzene rings is 3. The Labute approximate surface area is 183 Å². The van der Waals surface area contributed by atoms with Gasteiger partial charge < -0.3 is 10.6 Å². The molecule has 7 heteroatoms. The summed E-state index contributed by atoms with van der Waals surface area (Å²) in [6.45, 7) is 1.97. The molecule has 0 saturated heterocycles. The number of amides is 2. The van der Waals surface area contributed by atoms with Crippen LogP contribution in [0.2, 0.25) is 10.0 Å². The first-order valence-corrected chi connectivity index (χ1v) is 10.5. The van der Waals surface area contributed by atoms with Crippen LogP contribution in [0.1, 0.15) is 15.9 Å². The predicted octanol–water partition coefficient (Wildman–Crippen LogP) is 6.28. The SMILES string of the molecule is Cc1ccc(C(=O)Nc2cccc(SCC(=O)Nc3cccc(Cl)c3Cl)c2)cc1. The molecule has 3 aromatic rings. The Hall–Kier alpha value is -2.47. The van der Waals surface area contributed by atoms with Crippen molar-refractivity contribution in [3.8, 4) is 0 Å². The monoisotopic (exact) mass is 444 g/mol. The summed E-state index contributed by atoms with van der Waals surface area (Å²) >= 11 is 13.4. The summed E-state index contributed by atoms with van der Waals surface area (Å²) < 4.78 is 0. The molecular formula is C22H18Cl2N2O2S. The van der Waals surface area contributed by atoms with Crippen molar-refractivity contribution < 1.29 is 9.59 Å². The summed E-state index contributed by atoms with van der Waals surface area (Å²) in [5.74, 6) is -0.188. The van der Waals surface area contributed by atoms with E-state index in [9.17, 15) is 9.59 Å². The van der Waals surface area contributed by atoms with Crippen molar-refractivity contribution in [3.63, 3.8) is 0 Å². The number of hydrogen-bond acceptors (Lipinski definition) is 3. The maximum Gasteiger partial charge on any atom is 0.255 e. The second-order valence-corrected chi connectivity index (χ2v) is 8.12. The van der Waals surface area contributed by atoms with Crippen LogP contribution < -0.4 is 10.6 Å². The molecule has 29 heavy (non-hydrogen) atoms. The molecule has 0 aliphatic heterocycles. The smallest absolute Gasteiger partial charge is 0.255 e. The van der Waals surface area contributed by atoms with Gasteiger partial charge in [-0.15, -0.1) is 11.8 Å². The number of anilines is 2. The highest BCUT2D eigenvalue weighted by Crippen LogP contribution is 2.30. The molecule has 3 rings (SSSR count).